The second-order valence-corrected chi connectivity index (χ2v) is 3.63. The summed E-state index contributed by atoms with van der Waals surface area (Å²) in [4.78, 5) is 29.7. The van der Waals surface area contributed by atoms with Crippen molar-refractivity contribution in [2.24, 2.45) is 0 Å². The van der Waals surface area contributed by atoms with E-state index in [0.29, 0.717) is 12.2 Å². The number of hydrogen-bond acceptors (Lipinski definition) is 6. The average molecular weight is 253 g/mol. The Bertz CT molecular complexity index is 436. The summed E-state index contributed by atoms with van der Waals surface area (Å²) in [5, 5.41) is 11.6. The van der Waals surface area contributed by atoms with Crippen LogP contribution in [0.3, 0.4) is 0 Å². The number of carbonyl (C=O) groups excluding carboxylic acids is 1. The van der Waals surface area contributed by atoms with Crippen LogP contribution in [0, 0.1) is 0 Å². The van der Waals surface area contributed by atoms with Gasteiger partial charge in [0.2, 0.25) is 0 Å². The Labute approximate surface area is 104 Å². The number of rotatable bonds is 6. The molecule has 0 aliphatic carbocycles. The third-order valence-corrected chi connectivity index (χ3v) is 2.29. The molecule has 0 amide bonds. The van der Waals surface area contributed by atoms with Crippen LogP contribution in [0.15, 0.2) is 12.4 Å². The molecule has 98 valence electrons. The molecular formula is C11H15N3O4. The maximum absolute atomic E-state index is 11.3. The van der Waals surface area contributed by atoms with E-state index in [1.54, 1.807) is 0 Å². The molecule has 0 saturated heterocycles. The maximum atomic E-state index is 11.3. The molecule has 1 rings (SSSR count). The Morgan fingerprint density at radius 1 is 1.50 bits per heavy atom. The molecule has 2 N–H and O–H groups in total. The minimum atomic E-state index is -0.897. The number of hydrogen-bond donors (Lipinski definition) is 2. The predicted octanol–water partition coefficient (Wildman–Crippen LogP) is 0.928. The van der Waals surface area contributed by atoms with E-state index in [4.69, 9.17) is 5.11 Å². The van der Waals surface area contributed by atoms with Crippen LogP contribution in [-0.4, -0.2) is 40.2 Å². The van der Waals surface area contributed by atoms with Crippen LogP contribution in [-0.2, 0) is 9.53 Å². The average Bonchev–Trinajstić information content (AvgIpc) is 2.36. The molecule has 0 radical (unpaired) electrons. The van der Waals surface area contributed by atoms with Gasteiger partial charge in [-0.15, -0.1) is 0 Å². The number of nitrogens with one attached hydrogen (secondary N) is 1. The van der Waals surface area contributed by atoms with Gasteiger partial charge in [0.25, 0.3) is 0 Å². The Kier molecular flexibility index (Phi) is 5.04. The molecule has 1 heterocycles. The summed E-state index contributed by atoms with van der Waals surface area (Å²) < 4.78 is 4.52. The van der Waals surface area contributed by atoms with Gasteiger partial charge in [-0.1, -0.05) is 6.92 Å². The molecular weight excluding hydrogens is 238 g/mol. The topological polar surface area (TPSA) is 101 Å². The SMILES string of the molecule is CCC(CC(=O)O)Nc1cncc(C(=O)OC)n1. The van der Waals surface area contributed by atoms with Crippen LogP contribution in [0.4, 0.5) is 5.82 Å². The monoisotopic (exact) mass is 253 g/mol. The highest BCUT2D eigenvalue weighted by atomic mass is 16.5. The van der Waals surface area contributed by atoms with Gasteiger partial charge < -0.3 is 15.2 Å². The fourth-order valence-electron chi connectivity index (χ4n) is 1.36. The molecule has 7 heteroatoms. The molecule has 1 unspecified atom stereocenters. The summed E-state index contributed by atoms with van der Waals surface area (Å²) in [6, 6.07) is -0.260. The lowest BCUT2D eigenvalue weighted by Gasteiger charge is -2.15. The molecule has 1 aromatic rings. The van der Waals surface area contributed by atoms with Gasteiger partial charge in [0.15, 0.2) is 5.69 Å². The Morgan fingerprint density at radius 3 is 2.78 bits per heavy atom. The Morgan fingerprint density at radius 2 is 2.22 bits per heavy atom. The number of carbonyl (C=O) groups is 2. The number of aromatic nitrogens is 2. The lowest BCUT2D eigenvalue weighted by molar-refractivity contribution is -0.137. The summed E-state index contributed by atoms with van der Waals surface area (Å²) in [7, 11) is 1.25. The van der Waals surface area contributed by atoms with Crippen LogP contribution in [0.1, 0.15) is 30.3 Å². The van der Waals surface area contributed by atoms with Crippen molar-refractivity contribution < 1.29 is 19.4 Å². The standard InChI is InChI=1S/C11H15N3O4/c1-3-7(4-10(15)16)13-9-6-12-5-8(14-9)11(17)18-2/h5-7H,3-4H2,1-2H3,(H,13,14)(H,15,16). The Hall–Kier alpha value is -2.18. The highest BCUT2D eigenvalue weighted by Gasteiger charge is 2.13. The van der Waals surface area contributed by atoms with E-state index in [9.17, 15) is 9.59 Å². The largest absolute Gasteiger partial charge is 0.481 e. The zero-order valence-corrected chi connectivity index (χ0v) is 10.2. The van der Waals surface area contributed by atoms with Crippen molar-refractivity contribution in [3.63, 3.8) is 0 Å². The first kappa shape index (κ1) is 13.9. The van der Waals surface area contributed by atoms with Crippen molar-refractivity contribution in [3.05, 3.63) is 18.1 Å². The number of carboxylic acid groups (broad SMARTS) is 1. The molecule has 0 saturated carbocycles. The quantitative estimate of drug-likeness (QED) is 0.727. The minimum Gasteiger partial charge on any atom is -0.481 e. The second kappa shape index (κ2) is 6.53. The molecule has 0 aromatic carbocycles. The van der Waals surface area contributed by atoms with Gasteiger partial charge in [-0.05, 0) is 6.42 Å². The van der Waals surface area contributed by atoms with E-state index < -0.39 is 11.9 Å². The van der Waals surface area contributed by atoms with Crippen LogP contribution >= 0.6 is 0 Å². The van der Waals surface area contributed by atoms with Crippen molar-refractivity contribution in [1.29, 1.82) is 0 Å². The summed E-state index contributed by atoms with van der Waals surface area (Å²) in [6.07, 6.45) is 3.31. The maximum Gasteiger partial charge on any atom is 0.358 e. The van der Waals surface area contributed by atoms with E-state index in [-0.39, 0.29) is 18.2 Å². The molecule has 18 heavy (non-hydrogen) atoms. The van der Waals surface area contributed by atoms with E-state index in [0.717, 1.165) is 0 Å². The normalized spacial score (nSPS) is 11.7. The van der Waals surface area contributed by atoms with Crippen LogP contribution in [0.25, 0.3) is 0 Å². The lowest BCUT2D eigenvalue weighted by Crippen LogP contribution is -2.23. The minimum absolute atomic E-state index is 0.0272. The van der Waals surface area contributed by atoms with Gasteiger partial charge >= 0.3 is 11.9 Å². The van der Waals surface area contributed by atoms with Gasteiger partial charge in [0, 0.05) is 6.04 Å². The third-order valence-electron chi connectivity index (χ3n) is 2.29. The van der Waals surface area contributed by atoms with Crippen molar-refractivity contribution in [3.8, 4) is 0 Å². The first-order valence-corrected chi connectivity index (χ1v) is 5.45. The number of ether oxygens (including phenoxy) is 1. The Balaban J connectivity index is 2.77. The van der Waals surface area contributed by atoms with Crippen molar-refractivity contribution in [2.75, 3.05) is 12.4 Å². The first-order valence-electron chi connectivity index (χ1n) is 5.45. The van der Waals surface area contributed by atoms with Crippen molar-refractivity contribution in [1.82, 2.24) is 9.97 Å². The third kappa shape index (κ3) is 4.00. The molecule has 0 spiro atoms. The number of anilines is 1. The van der Waals surface area contributed by atoms with E-state index in [2.05, 4.69) is 20.0 Å². The number of nitrogens with zero attached hydrogens (tertiary/aromatic N) is 2. The summed E-state index contributed by atoms with van der Waals surface area (Å²) in [5.41, 5.74) is 0.0766. The van der Waals surface area contributed by atoms with E-state index >= 15 is 0 Å². The molecule has 0 aliphatic rings. The smallest absolute Gasteiger partial charge is 0.358 e. The number of methoxy groups -OCH3 is 1. The van der Waals surface area contributed by atoms with Crippen LogP contribution in [0.2, 0.25) is 0 Å². The number of carboxylic acids is 1. The van der Waals surface area contributed by atoms with Gasteiger partial charge in [0.1, 0.15) is 5.82 Å². The summed E-state index contributed by atoms with van der Waals surface area (Å²) in [5.74, 6) is -1.13. The zero-order chi connectivity index (χ0) is 13.5. The van der Waals surface area contributed by atoms with Gasteiger partial charge in [0.05, 0.1) is 25.9 Å². The van der Waals surface area contributed by atoms with Crippen molar-refractivity contribution in [2.45, 2.75) is 25.8 Å². The van der Waals surface area contributed by atoms with Crippen molar-refractivity contribution >= 4 is 17.8 Å². The molecule has 1 aromatic heterocycles. The molecule has 0 fully saturated rings. The molecule has 1 atom stereocenters. The van der Waals surface area contributed by atoms with E-state index in [1.807, 2.05) is 6.92 Å². The lowest BCUT2D eigenvalue weighted by atomic mass is 10.1. The first-order chi connectivity index (χ1) is 8.56. The number of aliphatic carboxylic acids is 1. The van der Waals surface area contributed by atoms with Crippen LogP contribution in [0.5, 0.6) is 0 Å². The van der Waals surface area contributed by atoms with Gasteiger partial charge in [-0.25, -0.2) is 9.78 Å². The van der Waals surface area contributed by atoms with Gasteiger partial charge in [-0.3, -0.25) is 9.78 Å². The van der Waals surface area contributed by atoms with Gasteiger partial charge in [-0.2, -0.15) is 0 Å². The molecule has 0 bridgehead atoms. The highest BCUT2D eigenvalue weighted by molar-refractivity contribution is 5.87. The molecule has 7 nitrogen and oxygen atoms in total. The molecule has 0 aliphatic heterocycles. The second-order valence-electron chi connectivity index (χ2n) is 3.63. The summed E-state index contributed by atoms with van der Waals surface area (Å²) >= 11 is 0. The van der Waals surface area contributed by atoms with Crippen LogP contribution < -0.4 is 5.32 Å². The van der Waals surface area contributed by atoms with E-state index in [1.165, 1.54) is 19.5 Å². The zero-order valence-electron chi connectivity index (χ0n) is 10.2. The fourth-order valence-corrected chi connectivity index (χ4v) is 1.36. The predicted molar refractivity (Wildman–Crippen MR) is 63.3 cm³/mol. The highest BCUT2D eigenvalue weighted by Crippen LogP contribution is 2.09. The summed E-state index contributed by atoms with van der Waals surface area (Å²) in [6.45, 7) is 1.86. The number of esters is 1. The fraction of sp³-hybridized carbons (Fsp3) is 0.455.